The van der Waals surface area contributed by atoms with E-state index < -0.39 is 0 Å². The highest BCUT2D eigenvalue weighted by Crippen LogP contribution is 2.06. The molecule has 0 aromatic heterocycles. The molecule has 0 fully saturated rings. The third kappa shape index (κ3) is 3.77. The zero-order valence-corrected chi connectivity index (χ0v) is 9.21. The van der Waals surface area contributed by atoms with E-state index in [-0.39, 0.29) is 11.9 Å². The van der Waals surface area contributed by atoms with Gasteiger partial charge in [-0.1, -0.05) is 20.3 Å². The number of nitrogens with two attached hydrogens (primary N) is 1. The molecular weight excluding hydrogens is 164 g/mol. The molecule has 0 radical (unpaired) electrons. The second-order valence-corrected chi connectivity index (χ2v) is 3.60. The third-order valence-electron chi connectivity index (χ3n) is 2.47. The Balaban J connectivity index is 4.08. The van der Waals surface area contributed by atoms with Crippen molar-refractivity contribution in [3.05, 3.63) is 0 Å². The number of nitrogens with zero attached hydrogens (tertiary/aromatic N) is 1. The Bertz CT molecular complexity index is 159. The molecule has 78 valence electrons. The first-order valence-electron chi connectivity index (χ1n) is 5.06. The van der Waals surface area contributed by atoms with Gasteiger partial charge in [0.25, 0.3) is 0 Å². The number of amides is 1. The quantitative estimate of drug-likeness (QED) is 0.705. The first-order chi connectivity index (χ1) is 6.04. The van der Waals surface area contributed by atoms with Crippen LogP contribution in [-0.2, 0) is 4.79 Å². The topological polar surface area (TPSA) is 46.3 Å². The molecule has 1 amide bonds. The van der Waals surface area contributed by atoms with Crippen LogP contribution in [0.15, 0.2) is 0 Å². The average Bonchev–Trinajstić information content (AvgIpc) is 2.14. The maximum absolute atomic E-state index is 11.6. The standard InChI is InChI=1S/C10H22N2O/c1-5-7-8(3)12(4)10(13)9(11)6-2/h8-9H,5-7,11H2,1-4H3/t8?,9-/m0/s1. The van der Waals surface area contributed by atoms with Crippen LogP contribution in [0.1, 0.15) is 40.0 Å². The first-order valence-corrected chi connectivity index (χ1v) is 5.06. The van der Waals surface area contributed by atoms with Gasteiger partial charge in [0.1, 0.15) is 0 Å². The van der Waals surface area contributed by atoms with Crippen LogP contribution in [0.3, 0.4) is 0 Å². The molecule has 0 aliphatic heterocycles. The summed E-state index contributed by atoms with van der Waals surface area (Å²) in [4.78, 5) is 13.4. The van der Waals surface area contributed by atoms with Gasteiger partial charge in [-0.15, -0.1) is 0 Å². The van der Waals surface area contributed by atoms with E-state index in [1.54, 1.807) is 4.90 Å². The molecule has 0 aliphatic rings. The van der Waals surface area contributed by atoms with Crippen molar-refractivity contribution in [2.75, 3.05) is 7.05 Å². The molecule has 0 heterocycles. The highest BCUT2D eigenvalue weighted by atomic mass is 16.2. The Morgan fingerprint density at radius 3 is 2.38 bits per heavy atom. The largest absolute Gasteiger partial charge is 0.342 e. The van der Waals surface area contributed by atoms with Crippen LogP contribution in [0.2, 0.25) is 0 Å². The van der Waals surface area contributed by atoms with Crippen LogP contribution >= 0.6 is 0 Å². The summed E-state index contributed by atoms with van der Waals surface area (Å²) < 4.78 is 0. The minimum atomic E-state index is -0.329. The SMILES string of the molecule is CCCC(C)N(C)C(=O)[C@@H](N)CC. The van der Waals surface area contributed by atoms with E-state index in [1.165, 1.54) is 0 Å². The van der Waals surface area contributed by atoms with Crippen LogP contribution in [0, 0.1) is 0 Å². The highest BCUT2D eigenvalue weighted by molar-refractivity contribution is 5.81. The average molecular weight is 186 g/mol. The molecule has 0 aromatic rings. The summed E-state index contributed by atoms with van der Waals surface area (Å²) in [7, 11) is 1.83. The van der Waals surface area contributed by atoms with E-state index in [0.717, 1.165) is 12.8 Å². The molecule has 2 N–H and O–H groups in total. The van der Waals surface area contributed by atoms with E-state index in [4.69, 9.17) is 5.73 Å². The summed E-state index contributed by atoms with van der Waals surface area (Å²) in [6.07, 6.45) is 2.85. The first kappa shape index (κ1) is 12.4. The van der Waals surface area contributed by atoms with Crippen molar-refractivity contribution in [2.24, 2.45) is 5.73 Å². The number of carbonyl (C=O) groups excluding carboxylic acids is 1. The number of rotatable bonds is 5. The van der Waals surface area contributed by atoms with Gasteiger partial charge in [-0.25, -0.2) is 0 Å². The maximum atomic E-state index is 11.6. The van der Waals surface area contributed by atoms with Gasteiger partial charge in [-0.3, -0.25) is 4.79 Å². The molecule has 0 aliphatic carbocycles. The summed E-state index contributed by atoms with van der Waals surface area (Å²) in [5, 5.41) is 0. The zero-order valence-electron chi connectivity index (χ0n) is 9.21. The van der Waals surface area contributed by atoms with Gasteiger partial charge in [0, 0.05) is 13.1 Å². The van der Waals surface area contributed by atoms with Crippen LogP contribution in [0.5, 0.6) is 0 Å². The Labute approximate surface area is 81.3 Å². The van der Waals surface area contributed by atoms with E-state index in [1.807, 2.05) is 14.0 Å². The second-order valence-electron chi connectivity index (χ2n) is 3.60. The van der Waals surface area contributed by atoms with E-state index in [0.29, 0.717) is 12.5 Å². The number of hydrogen-bond donors (Lipinski definition) is 1. The molecule has 3 heteroatoms. The van der Waals surface area contributed by atoms with Crippen molar-refractivity contribution < 1.29 is 4.79 Å². The summed E-state index contributed by atoms with van der Waals surface area (Å²) in [6.45, 7) is 6.11. The number of carbonyl (C=O) groups is 1. The monoisotopic (exact) mass is 186 g/mol. The predicted octanol–water partition coefficient (Wildman–Crippen LogP) is 1.37. The van der Waals surface area contributed by atoms with Crippen molar-refractivity contribution in [1.82, 2.24) is 4.90 Å². The summed E-state index contributed by atoms with van der Waals surface area (Å²) in [6, 6.07) is -0.0283. The molecule has 0 spiro atoms. The van der Waals surface area contributed by atoms with Gasteiger partial charge in [0.15, 0.2) is 0 Å². The molecule has 0 saturated heterocycles. The lowest BCUT2D eigenvalue weighted by Gasteiger charge is -2.26. The van der Waals surface area contributed by atoms with E-state index >= 15 is 0 Å². The fraction of sp³-hybridized carbons (Fsp3) is 0.900. The minimum absolute atomic E-state index is 0.0588. The molecule has 1 unspecified atom stereocenters. The maximum Gasteiger partial charge on any atom is 0.239 e. The second kappa shape index (κ2) is 5.97. The molecule has 13 heavy (non-hydrogen) atoms. The third-order valence-corrected chi connectivity index (χ3v) is 2.47. The number of likely N-dealkylation sites (N-methyl/N-ethyl adjacent to an activating group) is 1. The molecule has 2 atom stereocenters. The molecule has 0 rings (SSSR count). The Hall–Kier alpha value is -0.570. The van der Waals surface area contributed by atoms with Crippen LogP contribution in [0.4, 0.5) is 0 Å². The highest BCUT2D eigenvalue weighted by Gasteiger charge is 2.19. The Morgan fingerprint density at radius 2 is 2.00 bits per heavy atom. The smallest absolute Gasteiger partial charge is 0.239 e. The molecule has 0 aromatic carbocycles. The van der Waals surface area contributed by atoms with Crippen molar-refractivity contribution >= 4 is 5.91 Å². The van der Waals surface area contributed by atoms with Crippen molar-refractivity contribution in [3.63, 3.8) is 0 Å². The minimum Gasteiger partial charge on any atom is -0.342 e. The van der Waals surface area contributed by atoms with Crippen LogP contribution < -0.4 is 5.73 Å². The lowest BCUT2D eigenvalue weighted by molar-refractivity contribution is -0.133. The van der Waals surface area contributed by atoms with Gasteiger partial charge in [0.05, 0.1) is 6.04 Å². The van der Waals surface area contributed by atoms with Crippen LogP contribution in [0.25, 0.3) is 0 Å². The van der Waals surface area contributed by atoms with Crippen molar-refractivity contribution in [2.45, 2.75) is 52.1 Å². The Morgan fingerprint density at radius 1 is 1.46 bits per heavy atom. The summed E-state index contributed by atoms with van der Waals surface area (Å²) >= 11 is 0. The number of hydrogen-bond acceptors (Lipinski definition) is 2. The van der Waals surface area contributed by atoms with Gasteiger partial charge in [0.2, 0.25) is 5.91 Å². The van der Waals surface area contributed by atoms with Gasteiger partial charge >= 0.3 is 0 Å². The molecular formula is C10H22N2O. The van der Waals surface area contributed by atoms with Gasteiger partial charge in [-0.2, -0.15) is 0 Å². The Kier molecular flexibility index (Phi) is 5.71. The lowest BCUT2D eigenvalue weighted by atomic mass is 10.1. The molecule has 0 bridgehead atoms. The summed E-state index contributed by atoms with van der Waals surface area (Å²) in [5.74, 6) is 0.0588. The van der Waals surface area contributed by atoms with E-state index in [9.17, 15) is 4.79 Å². The zero-order chi connectivity index (χ0) is 10.4. The predicted molar refractivity (Wildman–Crippen MR) is 55.4 cm³/mol. The van der Waals surface area contributed by atoms with Gasteiger partial charge in [-0.05, 0) is 19.8 Å². The fourth-order valence-electron chi connectivity index (χ4n) is 1.26. The van der Waals surface area contributed by atoms with E-state index in [2.05, 4.69) is 13.8 Å². The fourth-order valence-corrected chi connectivity index (χ4v) is 1.26. The normalized spacial score (nSPS) is 15.2. The van der Waals surface area contributed by atoms with Crippen LogP contribution in [-0.4, -0.2) is 29.9 Å². The van der Waals surface area contributed by atoms with Gasteiger partial charge < -0.3 is 10.6 Å². The van der Waals surface area contributed by atoms with Crippen molar-refractivity contribution in [1.29, 1.82) is 0 Å². The summed E-state index contributed by atoms with van der Waals surface area (Å²) in [5.41, 5.74) is 5.66. The molecule has 0 saturated carbocycles. The molecule has 3 nitrogen and oxygen atoms in total. The van der Waals surface area contributed by atoms with Crippen molar-refractivity contribution in [3.8, 4) is 0 Å². The lowest BCUT2D eigenvalue weighted by Crippen LogP contribution is -2.45.